The summed E-state index contributed by atoms with van der Waals surface area (Å²) < 4.78 is 5.22. The van der Waals surface area contributed by atoms with E-state index in [1.807, 2.05) is 11.8 Å². The van der Waals surface area contributed by atoms with Gasteiger partial charge in [-0.3, -0.25) is 5.01 Å². The lowest BCUT2D eigenvalue weighted by molar-refractivity contribution is 0.118. The van der Waals surface area contributed by atoms with Gasteiger partial charge in [0.1, 0.15) is 0 Å². The number of rotatable bonds is 6. The van der Waals surface area contributed by atoms with Crippen molar-refractivity contribution in [3.63, 3.8) is 0 Å². The van der Waals surface area contributed by atoms with Gasteiger partial charge in [0.15, 0.2) is 0 Å². The topological polar surface area (TPSA) is 24.8 Å². The zero-order chi connectivity index (χ0) is 12.0. The van der Waals surface area contributed by atoms with Crippen molar-refractivity contribution in [3.05, 3.63) is 0 Å². The molecular formula is C12H24N2OS. The molecule has 0 unspecified atom stereocenters. The van der Waals surface area contributed by atoms with Crippen LogP contribution in [0.4, 0.5) is 0 Å². The summed E-state index contributed by atoms with van der Waals surface area (Å²) in [5, 5.41) is 7.33. The molecule has 4 heteroatoms. The third-order valence-electron chi connectivity index (χ3n) is 3.00. The molecule has 1 aliphatic heterocycles. The summed E-state index contributed by atoms with van der Waals surface area (Å²) in [4.78, 5) is 0. The van der Waals surface area contributed by atoms with Crippen molar-refractivity contribution in [2.24, 2.45) is 11.0 Å². The van der Waals surface area contributed by atoms with Gasteiger partial charge >= 0.3 is 0 Å². The van der Waals surface area contributed by atoms with Gasteiger partial charge in [-0.15, -0.1) is 0 Å². The first-order chi connectivity index (χ1) is 7.69. The van der Waals surface area contributed by atoms with E-state index in [4.69, 9.17) is 4.74 Å². The Kier molecular flexibility index (Phi) is 6.21. The molecule has 1 heterocycles. The van der Waals surface area contributed by atoms with Gasteiger partial charge in [-0.25, -0.2) is 0 Å². The van der Waals surface area contributed by atoms with Crippen LogP contribution in [0.2, 0.25) is 0 Å². The summed E-state index contributed by atoms with van der Waals surface area (Å²) in [6.45, 7) is 6.35. The van der Waals surface area contributed by atoms with E-state index in [1.54, 1.807) is 7.11 Å². The molecule has 0 saturated carbocycles. The minimum atomic E-state index is 0.482. The van der Waals surface area contributed by atoms with Crippen LogP contribution in [0.1, 0.15) is 26.7 Å². The van der Waals surface area contributed by atoms with Crippen LogP contribution in [0.5, 0.6) is 0 Å². The number of ether oxygens (including phenoxy) is 1. The van der Waals surface area contributed by atoms with Crippen LogP contribution in [0.3, 0.4) is 0 Å². The lowest BCUT2D eigenvalue weighted by atomic mass is 10.1. The smallest absolute Gasteiger partial charge is 0.0704 e. The van der Waals surface area contributed by atoms with Gasteiger partial charge in [-0.1, -0.05) is 13.8 Å². The molecule has 0 aromatic carbocycles. The SMILES string of the molecule is COC[C@@H]1CCCN1/N=C/[C@H](SC)C(C)C. The highest BCUT2D eigenvalue weighted by atomic mass is 32.2. The maximum atomic E-state index is 5.22. The quantitative estimate of drug-likeness (QED) is 0.671. The Hall–Kier alpha value is -0.220. The Labute approximate surface area is 104 Å². The molecular weight excluding hydrogens is 220 g/mol. The standard InChI is InChI=1S/C12H24N2OS/c1-10(2)12(16-4)8-13-14-7-5-6-11(14)9-15-3/h8,10-12H,5-7,9H2,1-4H3/b13-8+/t11-,12-/m0/s1. The van der Waals surface area contributed by atoms with E-state index in [9.17, 15) is 0 Å². The van der Waals surface area contributed by atoms with Crippen molar-refractivity contribution in [2.75, 3.05) is 26.5 Å². The van der Waals surface area contributed by atoms with Gasteiger partial charge in [-0.05, 0) is 25.0 Å². The highest BCUT2D eigenvalue weighted by Crippen LogP contribution is 2.19. The molecule has 3 nitrogen and oxygen atoms in total. The maximum Gasteiger partial charge on any atom is 0.0704 e. The van der Waals surface area contributed by atoms with Crippen LogP contribution < -0.4 is 0 Å². The maximum absolute atomic E-state index is 5.22. The predicted octanol–water partition coefficient (Wildman–Crippen LogP) is 2.47. The fraction of sp³-hybridized carbons (Fsp3) is 0.917. The summed E-state index contributed by atoms with van der Waals surface area (Å²) in [7, 11) is 1.76. The van der Waals surface area contributed by atoms with Gasteiger partial charge < -0.3 is 4.74 Å². The number of methoxy groups -OCH3 is 1. The molecule has 0 N–H and O–H groups in total. The molecule has 0 bridgehead atoms. The molecule has 1 aliphatic rings. The number of hydrogen-bond acceptors (Lipinski definition) is 4. The molecule has 1 rings (SSSR count). The van der Waals surface area contributed by atoms with Gasteiger partial charge in [-0.2, -0.15) is 16.9 Å². The monoisotopic (exact) mass is 244 g/mol. The number of hydrogen-bond donors (Lipinski definition) is 0. The molecule has 0 aliphatic carbocycles. The Bertz CT molecular complexity index is 221. The van der Waals surface area contributed by atoms with E-state index in [1.165, 1.54) is 12.8 Å². The van der Waals surface area contributed by atoms with E-state index >= 15 is 0 Å². The van der Waals surface area contributed by atoms with Crippen molar-refractivity contribution < 1.29 is 4.74 Å². The molecule has 0 radical (unpaired) electrons. The van der Waals surface area contributed by atoms with Crippen LogP contribution in [0, 0.1) is 5.92 Å². The van der Waals surface area contributed by atoms with E-state index in [-0.39, 0.29) is 0 Å². The number of hydrazone groups is 1. The molecule has 2 atom stereocenters. The van der Waals surface area contributed by atoms with Crippen molar-refractivity contribution >= 4 is 18.0 Å². The van der Waals surface area contributed by atoms with Crippen molar-refractivity contribution in [3.8, 4) is 0 Å². The minimum Gasteiger partial charge on any atom is -0.382 e. The molecule has 1 fully saturated rings. The van der Waals surface area contributed by atoms with Crippen LogP contribution in [0.15, 0.2) is 5.10 Å². The second-order valence-corrected chi connectivity index (χ2v) is 5.64. The van der Waals surface area contributed by atoms with Crippen LogP contribution in [0.25, 0.3) is 0 Å². The molecule has 0 aromatic rings. The number of thioether (sulfide) groups is 1. The lowest BCUT2D eigenvalue weighted by Gasteiger charge is -2.22. The number of nitrogens with zero attached hydrogens (tertiary/aromatic N) is 2. The zero-order valence-electron chi connectivity index (χ0n) is 10.8. The third-order valence-corrected chi connectivity index (χ3v) is 4.21. The van der Waals surface area contributed by atoms with E-state index in [2.05, 4.69) is 36.4 Å². The minimum absolute atomic E-state index is 0.482. The molecule has 0 amide bonds. The fourth-order valence-electron chi connectivity index (χ4n) is 1.99. The van der Waals surface area contributed by atoms with Crippen molar-refractivity contribution in [1.29, 1.82) is 0 Å². The van der Waals surface area contributed by atoms with Crippen molar-refractivity contribution in [2.45, 2.75) is 38.0 Å². The van der Waals surface area contributed by atoms with Gasteiger partial charge in [0, 0.05) is 25.1 Å². The second-order valence-electron chi connectivity index (χ2n) is 4.62. The first-order valence-electron chi connectivity index (χ1n) is 6.01. The van der Waals surface area contributed by atoms with Gasteiger partial charge in [0.25, 0.3) is 0 Å². The lowest BCUT2D eigenvalue weighted by Crippen LogP contribution is -2.29. The van der Waals surface area contributed by atoms with Gasteiger partial charge in [0.05, 0.1) is 12.6 Å². The average molecular weight is 244 g/mol. The predicted molar refractivity (Wildman–Crippen MR) is 72.2 cm³/mol. The highest BCUT2D eigenvalue weighted by Gasteiger charge is 2.23. The molecule has 0 spiro atoms. The van der Waals surface area contributed by atoms with Crippen molar-refractivity contribution in [1.82, 2.24) is 5.01 Å². The Morgan fingerprint density at radius 1 is 1.56 bits per heavy atom. The van der Waals surface area contributed by atoms with Gasteiger partial charge in [0.2, 0.25) is 0 Å². The van der Waals surface area contributed by atoms with Crippen LogP contribution in [-0.4, -0.2) is 49.0 Å². The summed E-state index contributed by atoms with van der Waals surface area (Å²) in [6.07, 6.45) is 6.68. The molecule has 16 heavy (non-hydrogen) atoms. The van der Waals surface area contributed by atoms with E-state index < -0.39 is 0 Å². The Balaban J connectivity index is 2.47. The van der Waals surface area contributed by atoms with Crippen LogP contribution >= 0.6 is 11.8 Å². The van der Waals surface area contributed by atoms with E-state index in [0.29, 0.717) is 17.2 Å². The second kappa shape index (κ2) is 7.17. The third kappa shape index (κ3) is 3.98. The highest BCUT2D eigenvalue weighted by molar-refractivity contribution is 7.99. The Morgan fingerprint density at radius 2 is 2.31 bits per heavy atom. The Morgan fingerprint density at radius 3 is 2.88 bits per heavy atom. The molecule has 1 saturated heterocycles. The largest absolute Gasteiger partial charge is 0.382 e. The fourth-order valence-corrected chi connectivity index (χ4v) is 2.71. The first kappa shape index (κ1) is 13.8. The normalized spacial score (nSPS) is 23.6. The summed E-state index contributed by atoms with van der Waals surface area (Å²) in [5.41, 5.74) is 0. The molecule has 94 valence electrons. The summed E-state index contributed by atoms with van der Waals surface area (Å²) in [5.74, 6) is 0.641. The zero-order valence-corrected chi connectivity index (χ0v) is 11.7. The summed E-state index contributed by atoms with van der Waals surface area (Å²) >= 11 is 1.87. The van der Waals surface area contributed by atoms with E-state index in [0.717, 1.165) is 13.2 Å². The summed E-state index contributed by atoms with van der Waals surface area (Å²) in [6, 6.07) is 0.482. The van der Waals surface area contributed by atoms with Crippen LogP contribution in [-0.2, 0) is 4.74 Å². The average Bonchev–Trinajstić information content (AvgIpc) is 2.67. The molecule has 0 aromatic heterocycles. The first-order valence-corrected chi connectivity index (χ1v) is 7.30.